The van der Waals surface area contributed by atoms with E-state index < -0.39 is 5.97 Å². The zero-order valence-corrected chi connectivity index (χ0v) is 35.5. The molecule has 0 aromatic heterocycles. The molecule has 0 aliphatic carbocycles. The summed E-state index contributed by atoms with van der Waals surface area (Å²) in [4.78, 5) is 13.7. The number of benzene rings is 7. The zero-order chi connectivity index (χ0) is 43.4. The van der Waals surface area contributed by atoms with Crippen molar-refractivity contribution in [3.8, 4) is 6.07 Å². The van der Waals surface area contributed by atoms with Crippen LogP contribution in [-0.2, 0) is 4.79 Å². The number of hydrogen-bond donors (Lipinski definition) is 1. The van der Waals surface area contributed by atoms with Crippen molar-refractivity contribution < 1.29 is 9.90 Å². The summed E-state index contributed by atoms with van der Waals surface area (Å²) in [6, 6.07) is 60.7. The van der Waals surface area contributed by atoms with Gasteiger partial charge in [-0.1, -0.05) is 192 Å². The SMILES string of the molecule is Cc1ccc(C(=CC=Cc2ccc(N(c3ccc(C=CC=C(c4ccc(C)cc4)c4ccc(C)cc4)cc3)c3ccc(/C=C(\C#N)C(=O)O)cc3)cc2)c2ccc(C)cc2)cc1. The molecule has 0 fully saturated rings. The van der Waals surface area contributed by atoms with Crippen molar-refractivity contribution in [1.29, 1.82) is 5.26 Å². The van der Waals surface area contributed by atoms with Crippen LogP contribution < -0.4 is 4.90 Å². The Morgan fingerprint density at radius 2 is 0.742 bits per heavy atom. The van der Waals surface area contributed by atoms with E-state index in [4.69, 9.17) is 0 Å². The van der Waals surface area contributed by atoms with E-state index in [1.807, 2.05) is 24.3 Å². The van der Waals surface area contributed by atoms with Gasteiger partial charge < -0.3 is 10.0 Å². The molecule has 0 unspecified atom stereocenters. The van der Waals surface area contributed by atoms with Crippen molar-refractivity contribution in [2.24, 2.45) is 0 Å². The Labute approximate surface area is 365 Å². The molecular weight excluding hydrogens is 757 g/mol. The molecule has 0 radical (unpaired) electrons. The standard InChI is InChI=1S/C58H48N2O2/c1-41-11-25-48(26-12-41)56(49-27-13-42(2)14-28-49)9-5-7-45-19-33-53(34-20-45)60(55-37-23-47(24-38-55)39-52(40-59)58(61)62)54-35-21-46(22-36-54)8-6-10-57(50-29-15-43(3)16-30-50)51-31-17-44(4)18-32-51/h5-39H,1-4H3,(H,61,62)/b7-5?,8-6?,52-39+. The number of anilines is 3. The van der Waals surface area contributed by atoms with Crippen LogP contribution >= 0.6 is 0 Å². The van der Waals surface area contributed by atoms with Gasteiger partial charge in [0, 0.05) is 17.1 Å². The van der Waals surface area contributed by atoms with Crippen LogP contribution in [0.4, 0.5) is 17.1 Å². The maximum Gasteiger partial charge on any atom is 0.346 e. The fourth-order valence-corrected chi connectivity index (χ4v) is 7.11. The largest absolute Gasteiger partial charge is 0.477 e. The maximum absolute atomic E-state index is 11.5. The number of allylic oxidation sites excluding steroid dienone is 4. The summed E-state index contributed by atoms with van der Waals surface area (Å²) in [5.74, 6) is -1.25. The highest BCUT2D eigenvalue weighted by atomic mass is 16.4. The normalized spacial score (nSPS) is 11.3. The lowest BCUT2D eigenvalue weighted by molar-refractivity contribution is -0.132. The number of carbonyl (C=O) groups is 1. The van der Waals surface area contributed by atoms with E-state index in [-0.39, 0.29) is 5.57 Å². The zero-order valence-electron chi connectivity index (χ0n) is 35.5. The van der Waals surface area contributed by atoms with E-state index >= 15 is 0 Å². The molecule has 0 amide bonds. The van der Waals surface area contributed by atoms with E-state index in [2.05, 4.69) is 215 Å². The lowest BCUT2D eigenvalue weighted by atomic mass is 9.96. The molecule has 4 nitrogen and oxygen atoms in total. The van der Waals surface area contributed by atoms with Crippen LogP contribution in [0, 0.1) is 39.0 Å². The number of carboxylic acid groups (broad SMARTS) is 1. The number of nitrogens with zero attached hydrogens (tertiary/aromatic N) is 2. The fraction of sp³-hybridized carbons (Fsp3) is 0.0690. The number of hydrogen-bond acceptors (Lipinski definition) is 3. The van der Waals surface area contributed by atoms with Crippen molar-refractivity contribution in [2.75, 3.05) is 4.90 Å². The van der Waals surface area contributed by atoms with Crippen LogP contribution in [0.1, 0.15) is 61.2 Å². The third-order valence-corrected chi connectivity index (χ3v) is 10.7. The fourth-order valence-electron chi connectivity index (χ4n) is 7.11. The number of aliphatic carboxylic acids is 1. The lowest BCUT2D eigenvalue weighted by Crippen LogP contribution is -2.09. The van der Waals surface area contributed by atoms with Crippen molar-refractivity contribution in [2.45, 2.75) is 27.7 Å². The van der Waals surface area contributed by atoms with E-state index in [1.165, 1.54) is 28.3 Å². The Hall–Kier alpha value is -8.00. The topological polar surface area (TPSA) is 64.3 Å². The van der Waals surface area contributed by atoms with Crippen molar-refractivity contribution in [1.82, 2.24) is 0 Å². The molecule has 7 aromatic carbocycles. The Balaban J connectivity index is 1.19. The summed E-state index contributed by atoms with van der Waals surface area (Å²) < 4.78 is 0. The van der Waals surface area contributed by atoms with E-state index in [0.29, 0.717) is 5.56 Å². The van der Waals surface area contributed by atoms with Gasteiger partial charge >= 0.3 is 5.97 Å². The summed E-state index contributed by atoms with van der Waals surface area (Å²) in [7, 11) is 0. The minimum Gasteiger partial charge on any atom is -0.477 e. The van der Waals surface area contributed by atoms with Crippen LogP contribution in [0.3, 0.4) is 0 Å². The van der Waals surface area contributed by atoms with E-state index in [0.717, 1.165) is 61.6 Å². The highest BCUT2D eigenvalue weighted by molar-refractivity contribution is 5.96. The van der Waals surface area contributed by atoms with Gasteiger partial charge in [0.25, 0.3) is 0 Å². The molecule has 0 saturated heterocycles. The van der Waals surface area contributed by atoms with Gasteiger partial charge in [-0.05, 0) is 120 Å². The average Bonchev–Trinajstić information content (AvgIpc) is 3.29. The molecule has 7 rings (SSSR count). The lowest BCUT2D eigenvalue weighted by Gasteiger charge is -2.26. The molecule has 62 heavy (non-hydrogen) atoms. The van der Waals surface area contributed by atoms with Crippen molar-refractivity contribution in [3.63, 3.8) is 0 Å². The average molecular weight is 805 g/mol. The van der Waals surface area contributed by atoms with Crippen LogP contribution in [0.15, 0.2) is 200 Å². The Bertz CT molecular complexity index is 2580. The molecule has 4 heteroatoms. The molecular formula is C58H48N2O2. The highest BCUT2D eigenvalue weighted by Gasteiger charge is 2.14. The van der Waals surface area contributed by atoms with E-state index in [1.54, 1.807) is 6.07 Å². The van der Waals surface area contributed by atoms with Gasteiger partial charge in [-0.2, -0.15) is 5.26 Å². The van der Waals surface area contributed by atoms with Crippen molar-refractivity contribution in [3.05, 3.63) is 261 Å². The molecule has 302 valence electrons. The first kappa shape index (κ1) is 42.1. The molecule has 0 saturated carbocycles. The monoisotopic (exact) mass is 804 g/mol. The smallest absolute Gasteiger partial charge is 0.346 e. The first-order valence-corrected chi connectivity index (χ1v) is 20.6. The van der Waals surface area contributed by atoms with Crippen LogP contribution in [0.5, 0.6) is 0 Å². The van der Waals surface area contributed by atoms with Crippen LogP contribution in [0.25, 0.3) is 29.4 Å². The Kier molecular flexibility index (Phi) is 13.5. The second-order valence-corrected chi connectivity index (χ2v) is 15.4. The number of aryl methyl sites for hydroxylation is 4. The number of rotatable bonds is 13. The van der Waals surface area contributed by atoms with Gasteiger partial charge in [-0.15, -0.1) is 0 Å². The molecule has 0 aliphatic rings. The third kappa shape index (κ3) is 10.8. The quantitative estimate of drug-likeness (QED) is 0.0716. The van der Waals surface area contributed by atoms with Crippen molar-refractivity contribution >= 4 is 52.4 Å². The van der Waals surface area contributed by atoms with E-state index in [9.17, 15) is 15.2 Å². The second-order valence-electron chi connectivity index (χ2n) is 15.4. The van der Waals surface area contributed by atoms with Gasteiger partial charge in [0.15, 0.2) is 0 Å². The van der Waals surface area contributed by atoms with Gasteiger partial charge in [0.1, 0.15) is 11.6 Å². The highest BCUT2D eigenvalue weighted by Crippen LogP contribution is 2.36. The molecule has 0 atom stereocenters. The minimum absolute atomic E-state index is 0.318. The predicted octanol–water partition coefficient (Wildman–Crippen LogP) is 14.7. The Morgan fingerprint density at radius 3 is 1.02 bits per heavy atom. The number of nitriles is 1. The maximum atomic E-state index is 11.5. The third-order valence-electron chi connectivity index (χ3n) is 10.7. The first-order chi connectivity index (χ1) is 30.1. The second kappa shape index (κ2) is 19.8. The number of carboxylic acids is 1. The van der Waals surface area contributed by atoms with Gasteiger partial charge in [-0.3, -0.25) is 0 Å². The van der Waals surface area contributed by atoms with Crippen LogP contribution in [0.2, 0.25) is 0 Å². The first-order valence-electron chi connectivity index (χ1n) is 20.6. The predicted molar refractivity (Wildman–Crippen MR) is 259 cm³/mol. The Morgan fingerprint density at radius 1 is 0.452 bits per heavy atom. The molecule has 0 heterocycles. The summed E-state index contributed by atoms with van der Waals surface area (Å²) in [5, 5.41) is 18.7. The van der Waals surface area contributed by atoms with Gasteiger partial charge in [0.05, 0.1) is 0 Å². The molecule has 1 N–H and O–H groups in total. The van der Waals surface area contributed by atoms with Gasteiger partial charge in [0.2, 0.25) is 0 Å². The molecule has 0 spiro atoms. The summed E-state index contributed by atoms with van der Waals surface area (Å²) >= 11 is 0. The molecule has 7 aromatic rings. The van der Waals surface area contributed by atoms with Gasteiger partial charge in [-0.25, -0.2) is 4.79 Å². The summed E-state index contributed by atoms with van der Waals surface area (Å²) in [6.45, 7) is 8.41. The summed E-state index contributed by atoms with van der Waals surface area (Å²) in [6.07, 6.45) is 14.2. The minimum atomic E-state index is -1.25. The molecule has 0 aliphatic heterocycles. The summed E-state index contributed by atoms with van der Waals surface area (Å²) in [5.41, 5.74) is 17.1. The molecule has 0 bridgehead atoms. The van der Waals surface area contributed by atoms with Crippen LogP contribution in [-0.4, -0.2) is 11.1 Å².